The number of amides is 1. The van der Waals surface area contributed by atoms with E-state index in [0.29, 0.717) is 22.9 Å². The molecule has 0 unspecified atom stereocenters. The maximum absolute atomic E-state index is 13.2. The van der Waals surface area contributed by atoms with Gasteiger partial charge in [-0.2, -0.15) is 0 Å². The number of carbonyl (C=O) groups excluding carboxylic acids is 1. The van der Waals surface area contributed by atoms with Crippen LogP contribution in [0.15, 0.2) is 95.2 Å². The van der Waals surface area contributed by atoms with E-state index in [1.54, 1.807) is 41.8 Å². The highest BCUT2D eigenvalue weighted by Crippen LogP contribution is 2.29. The molecule has 1 N–H and O–H groups in total. The van der Waals surface area contributed by atoms with E-state index in [4.69, 9.17) is 4.74 Å². The van der Waals surface area contributed by atoms with Crippen molar-refractivity contribution in [2.45, 2.75) is 11.8 Å². The number of hydrogen-bond acceptors (Lipinski definition) is 5. The summed E-state index contributed by atoms with van der Waals surface area (Å²) >= 11 is 1.08. The van der Waals surface area contributed by atoms with Crippen LogP contribution < -0.4 is 14.4 Å². The molecule has 1 aromatic heterocycles. The van der Waals surface area contributed by atoms with Crippen molar-refractivity contribution in [3.63, 3.8) is 0 Å². The predicted molar refractivity (Wildman–Crippen MR) is 132 cm³/mol. The molecule has 33 heavy (non-hydrogen) atoms. The number of benzene rings is 3. The lowest BCUT2D eigenvalue weighted by Gasteiger charge is -2.19. The summed E-state index contributed by atoms with van der Waals surface area (Å²) in [6.45, 7) is 1.93. The zero-order chi connectivity index (χ0) is 23.4. The number of anilines is 2. The van der Waals surface area contributed by atoms with Crippen molar-refractivity contribution in [1.29, 1.82) is 0 Å². The lowest BCUT2D eigenvalue weighted by Crippen LogP contribution is -2.28. The largest absolute Gasteiger partial charge is 0.457 e. The smallest absolute Gasteiger partial charge is 0.267 e. The molecule has 0 aliphatic rings. The van der Waals surface area contributed by atoms with Crippen LogP contribution in [0.3, 0.4) is 0 Å². The van der Waals surface area contributed by atoms with Gasteiger partial charge in [-0.05, 0) is 66.9 Å². The van der Waals surface area contributed by atoms with Crippen LogP contribution in [0.25, 0.3) is 0 Å². The third-order valence-corrected chi connectivity index (χ3v) is 7.83. The number of sulfonamides is 1. The number of hydrogen-bond donors (Lipinski definition) is 1. The molecule has 0 spiro atoms. The lowest BCUT2D eigenvalue weighted by atomic mass is 10.2. The van der Waals surface area contributed by atoms with E-state index in [1.165, 1.54) is 17.4 Å². The fraction of sp³-hybridized carbons (Fsp3) is 0.0800. The molecule has 6 nitrogen and oxygen atoms in total. The Morgan fingerprint density at radius 2 is 1.52 bits per heavy atom. The topological polar surface area (TPSA) is 75.7 Å². The molecule has 8 heteroatoms. The first-order valence-corrected chi connectivity index (χ1v) is 12.4. The van der Waals surface area contributed by atoms with Crippen molar-refractivity contribution in [3.05, 3.63) is 101 Å². The molecule has 0 bridgehead atoms. The van der Waals surface area contributed by atoms with E-state index in [0.717, 1.165) is 16.9 Å². The van der Waals surface area contributed by atoms with Gasteiger partial charge in [0.1, 0.15) is 21.3 Å². The van der Waals surface area contributed by atoms with Crippen LogP contribution in [-0.2, 0) is 10.0 Å². The Morgan fingerprint density at radius 1 is 0.879 bits per heavy atom. The fourth-order valence-electron chi connectivity index (χ4n) is 3.13. The third kappa shape index (κ3) is 5.08. The predicted octanol–water partition coefficient (Wildman–Crippen LogP) is 5.93. The summed E-state index contributed by atoms with van der Waals surface area (Å²) in [7, 11) is -2.43. The SMILES string of the molecule is Cc1ccc(N(C)S(=O)(=O)c2ccsc2C(=O)Nc2ccc(Oc3ccccc3)cc2)cc1. The van der Waals surface area contributed by atoms with E-state index < -0.39 is 15.9 Å². The number of rotatable bonds is 7. The van der Waals surface area contributed by atoms with Gasteiger partial charge < -0.3 is 10.1 Å². The monoisotopic (exact) mass is 478 g/mol. The number of nitrogens with one attached hydrogen (secondary N) is 1. The highest BCUT2D eigenvalue weighted by atomic mass is 32.2. The Morgan fingerprint density at radius 3 is 2.18 bits per heavy atom. The second-order valence-electron chi connectivity index (χ2n) is 7.32. The van der Waals surface area contributed by atoms with Crippen molar-refractivity contribution >= 4 is 38.6 Å². The second kappa shape index (κ2) is 9.48. The maximum atomic E-state index is 13.2. The van der Waals surface area contributed by atoms with Crippen LogP contribution in [0.5, 0.6) is 11.5 Å². The first-order chi connectivity index (χ1) is 15.8. The molecular weight excluding hydrogens is 456 g/mol. The van der Waals surface area contributed by atoms with E-state index in [2.05, 4.69) is 5.32 Å². The quantitative estimate of drug-likeness (QED) is 0.357. The Hall–Kier alpha value is -3.62. The summed E-state index contributed by atoms with van der Waals surface area (Å²) in [5.41, 5.74) is 2.08. The molecule has 0 saturated heterocycles. The Kier molecular flexibility index (Phi) is 6.48. The highest BCUT2D eigenvalue weighted by Gasteiger charge is 2.28. The molecule has 0 radical (unpaired) electrons. The van der Waals surface area contributed by atoms with Gasteiger partial charge in [0.2, 0.25) is 0 Å². The van der Waals surface area contributed by atoms with E-state index in [1.807, 2.05) is 49.4 Å². The van der Waals surface area contributed by atoms with E-state index in [9.17, 15) is 13.2 Å². The van der Waals surface area contributed by atoms with E-state index in [-0.39, 0.29) is 9.77 Å². The number of nitrogens with zero attached hydrogens (tertiary/aromatic N) is 1. The van der Waals surface area contributed by atoms with Crippen molar-refractivity contribution in [2.24, 2.45) is 0 Å². The number of ether oxygens (including phenoxy) is 1. The average molecular weight is 479 g/mol. The van der Waals surface area contributed by atoms with Crippen LogP contribution in [-0.4, -0.2) is 21.4 Å². The summed E-state index contributed by atoms with van der Waals surface area (Å²) in [5, 5.41) is 4.37. The van der Waals surface area contributed by atoms with Crippen LogP contribution in [0, 0.1) is 6.92 Å². The standard InChI is InChI=1S/C25H22N2O4S2/c1-18-8-12-20(13-9-18)27(2)33(29,30)23-16-17-32-24(23)25(28)26-19-10-14-22(15-11-19)31-21-6-4-3-5-7-21/h3-17H,1-2H3,(H,26,28). The van der Waals surface area contributed by atoms with Crippen LogP contribution >= 0.6 is 11.3 Å². The number of thiophene rings is 1. The van der Waals surface area contributed by atoms with Gasteiger partial charge in [0.25, 0.3) is 15.9 Å². The number of carbonyl (C=O) groups is 1. The van der Waals surface area contributed by atoms with Crippen molar-refractivity contribution in [3.8, 4) is 11.5 Å². The molecule has 1 amide bonds. The number of para-hydroxylation sites is 1. The fourth-order valence-corrected chi connectivity index (χ4v) is 5.62. The van der Waals surface area contributed by atoms with Gasteiger partial charge in [-0.25, -0.2) is 8.42 Å². The molecule has 0 atom stereocenters. The molecule has 0 aliphatic heterocycles. The zero-order valence-corrected chi connectivity index (χ0v) is 19.7. The molecule has 3 aromatic carbocycles. The minimum absolute atomic E-state index is 0.0305. The molecule has 1 heterocycles. The van der Waals surface area contributed by atoms with Crippen molar-refractivity contribution in [1.82, 2.24) is 0 Å². The van der Waals surface area contributed by atoms with Gasteiger partial charge in [-0.15, -0.1) is 11.3 Å². The Balaban J connectivity index is 1.50. The van der Waals surface area contributed by atoms with Gasteiger partial charge in [0.15, 0.2) is 0 Å². The van der Waals surface area contributed by atoms with Gasteiger partial charge in [-0.1, -0.05) is 35.9 Å². The van der Waals surface area contributed by atoms with Crippen LogP contribution in [0.1, 0.15) is 15.2 Å². The Labute approximate surface area is 197 Å². The minimum atomic E-state index is -3.91. The molecule has 4 aromatic rings. The molecule has 168 valence electrons. The maximum Gasteiger partial charge on any atom is 0.267 e. The molecule has 0 aliphatic carbocycles. The van der Waals surface area contributed by atoms with Crippen molar-refractivity contribution < 1.29 is 17.9 Å². The molecular formula is C25H22N2O4S2. The summed E-state index contributed by atoms with van der Waals surface area (Å²) in [6.07, 6.45) is 0. The molecule has 4 rings (SSSR count). The first kappa shape index (κ1) is 22.6. The molecule has 0 fully saturated rings. The summed E-state index contributed by atoms with van der Waals surface area (Å²) in [5.74, 6) is 0.844. The van der Waals surface area contributed by atoms with E-state index >= 15 is 0 Å². The minimum Gasteiger partial charge on any atom is -0.457 e. The van der Waals surface area contributed by atoms with Crippen LogP contribution in [0.2, 0.25) is 0 Å². The van der Waals surface area contributed by atoms with Gasteiger partial charge >= 0.3 is 0 Å². The van der Waals surface area contributed by atoms with Crippen LogP contribution in [0.4, 0.5) is 11.4 Å². The summed E-state index contributed by atoms with van der Waals surface area (Å²) in [6, 6.07) is 24.9. The molecule has 0 saturated carbocycles. The second-order valence-corrected chi connectivity index (χ2v) is 10.2. The van der Waals surface area contributed by atoms with Crippen molar-refractivity contribution in [2.75, 3.05) is 16.7 Å². The highest BCUT2D eigenvalue weighted by molar-refractivity contribution is 7.93. The Bertz CT molecular complexity index is 1350. The first-order valence-electron chi connectivity index (χ1n) is 10.1. The zero-order valence-electron chi connectivity index (χ0n) is 18.1. The normalized spacial score (nSPS) is 11.1. The summed E-state index contributed by atoms with van der Waals surface area (Å²) in [4.78, 5) is 13.0. The van der Waals surface area contributed by atoms with Gasteiger partial charge in [0.05, 0.1) is 5.69 Å². The number of aryl methyl sites for hydroxylation is 1. The lowest BCUT2D eigenvalue weighted by molar-refractivity contribution is 0.102. The summed E-state index contributed by atoms with van der Waals surface area (Å²) < 4.78 is 33.4. The van der Waals surface area contributed by atoms with Gasteiger partial charge in [0, 0.05) is 12.7 Å². The third-order valence-electron chi connectivity index (χ3n) is 4.96. The van der Waals surface area contributed by atoms with Gasteiger partial charge in [-0.3, -0.25) is 9.10 Å². The average Bonchev–Trinajstić information content (AvgIpc) is 3.32.